The van der Waals surface area contributed by atoms with Crippen molar-refractivity contribution in [1.82, 2.24) is 0 Å². The largest absolute Gasteiger partial charge is 0.493 e. The van der Waals surface area contributed by atoms with Crippen LogP contribution in [-0.4, -0.2) is 47.7 Å². The van der Waals surface area contributed by atoms with Crippen LogP contribution in [0.2, 0.25) is 0 Å². The van der Waals surface area contributed by atoms with E-state index in [0.717, 1.165) is 9.69 Å². The summed E-state index contributed by atoms with van der Waals surface area (Å²) < 4.78 is 43.0. The highest BCUT2D eigenvalue weighted by Crippen LogP contribution is 2.43. The van der Waals surface area contributed by atoms with Crippen LogP contribution in [0, 0.1) is 0 Å². The van der Waals surface area contributed by atoms with Gasteiger partial charge in [0.2, 0.25) is 5.91 Å². The summed E-state index contributed by atoms with van der Waals surface area (Å²) in [7, 11) is 0.0845. The highest BCUT2D eigenvalue weighted by molar-refractivity contribution is 7.93. The Bertz CT molecular complexity index is 1380. The number of nitrogens with zero attached hydrogens (tertiary/aromatic N) is 1. The van der Waals surface area contributed by atoms with Gasteiger partial charge >= 0.3 is 5.97 Å². The molecule has 0 unspecified atom stereocenters. The summed E-state index contributed by atoms with van der Waals surface area (Å²) in [5, 5.41) is 3.97. The first-order chi connectivity index (χ1) is 15.7. The molecule has 0 bridgehead atoms. The number of hydrogen-bond donors (Lipinski definition) is 1. The van der Waals surface area contributed by atoms with Gasteiger partial charge in [0.1, 0.15) is 6.04 Å². The van der Waals surface area contributed by atoms with Gasteiger partial charge in [0.25, 0.3) is 10.0 Å². The van der Waals surface area contributed by atoms with Crippen molar-refractivity contribution in [2.75, 3.05) is 31.0 Å². The van der Waals surface area contributed by atoms with Crippen LogP contribution < -0.4 is 19.1 Å². The topological polar surface area (TPSA) is 111 Å². The molecule has 1 atom stereocenters. The van der Waals surface area contributed by atoms with Gasteiger partial charge < -0.3 is 19.5 Å². The molecule has 0 fully saturated rings. The van der Waals surface area contributed by atoms with E-state index >= 15 is 0 Å². The van der Waals surface area contributed by atoms with Crippen LogP contribution >= 0.6 is 0 Å². The molecule has 4 rings (SSSR count). The summed E-state index contributed by atoms with van der Waals surface area (Å²) in [5.74, 6) is -0.794. The smallest absolute Gasteiger partial charge is 0.340 e. The first kappa shape index (κ1) is 22.4. The van der Waals surface area contributed by atoms with Gasteiger partial charge in [0.05, 0.1) is 43.2 Å². The van der Waals surface area contributed by atoms with Crippen LogP contribution in [0.3, 0.4) is 0 Å². The van der Waals surface area contributed by atoms with Gasteiger partial charge in [-0.25, -0.2) is 13.2 Å². The molecule has 10 heteroatoms. The van der Waals surface area contributed by atoms with E-state index in [1.165, 1.54) is 46.5 Å². The van der Waals surface area contributed by atoms with Crippen LogP contribution in [0.25, 0.3) is 10.8 Å². The Balaban J connectivity index is 1.74. The number of ether oxygens (including phenoxy) is 3. The van der Waals surface area contributed by atoms with E-state index in [1.54, 1.807) is 18.2 Å². The number of carbonyl (C=O) groups is 2. The van der Waals surface area contributed by atoms with Gasteiger partial charge in [-0.1, -0.05) is 24.3 Å². The molecule has 0 spiro atoms. The minimum absolute atomic E-state index is 0.0327. The van der Waals surface area contributed by atoms with E-state index in [-0.39, 0.29) is 27.6 Å². The monoisotopic (exact) mass is 470 g/mol. The molecule has 0 saturated heterocycles. The average Bonchev–Trinajstić information content (AvgIpc) is 3.05. The Labute approximate surface area is 190 Å². The zero-order valence-corrected chi connectivity index (χ0v) is 19.2. The van der Waals surface area contributed by atoms with Crippen LogP contribution in [0.1, 0.15) is 17.3 Å². The molecule has 1 aliphatic heterocycles. The number of sulfonamides is 1. The SMILES string of the molecule is COC(=O)c1cc(OC)c(OC)cc1NC(=O)[C@H](C)N1c2cccc3cccc(c23)S1(=O)=O. The number of hydrogen-bond acceptors (Lipinski definition) is 7. The zero-order chi connectivity index (χ0) is 23.9. The van der Waals surface area contributed by atoms with Gasteiger partial charge in [-0.05, 0) is 24.4 Å². The number of nitrogens with one attached hydrogen (secondary N) is 1. The quantitative estimate of drug-likeness (QED) is 0.551. The molecule has 1 heterocycles. The molecule has 1 amide bonds. The van der Waals surface area contributed by atoms with Crippen molar-refractivity contribution in [3.05, 3.63) is 54.1 Å². The van der Waals surface area contributed by atoms with E-state index < -0.39 is 27.9 Å². The first-order valence-electron chi connectivity index (χ1n) is 9.96. The highest BCUT2D eigenvalue weighted by Gasteiger charge is 2.41. The van der Waals surface area contributed by atoms with Crippen molar-refractivity contribution in [3.8, 4) is 11.5 Å². The van der Waals surface area contributed by atoms with Crippen LogP contribution in [0.15, 0.2) is 53.4 Å². The van der Waals surface area contributed by atoms with E-state index in [9.17, 15) is 18.0 Å². The lowest BCUT2D eigenvalue weighted by molar-refractivity contribution is -0.116. The van der Waals surface area contributed by atoms with Crippen molar-refractivity contribution in [3.63, 3.8) is 0 Å². The maximum atomic E-state index is 13.3. The number of anilines is 2. The first-order valence-corrected chi connectivity index (χ1v) is 11.4. The molecule has 9 nitrogen and oxygen atoms in total. The van der Waals surface area contributed by atoms with Crippen molar-refractivity contribution in [1.29, 1.82) is 0 Å². The average molecular weight is 471 g/mol. The summed E-state index contributed by atoms with van der Waals surface area (Å²) in [5.41, 5.74) is 0.556. The molecular weight excluding hydrogens is 448 g/mol. The Hall–Kier alpha value is -3.79. The van der Waals surface area contributed by atoms with Gasteiger partial charge in [-0.15, -0.1) is 0 Å². The molecule has 3 aromatic rings. The number of benzene rings is 3. The Morgan fingerprint density at radius 2 is 1.61 bits per heavy atom. The molecule has 0 aliphatic carbocycles. The van der Waals surface area contributed by atoms with Crippen molar-refractivity contribution < 1.29 is 32.2 Å². The van der Waals surface area contributed by atoms with Crippen LogP contribution in [-0.2, 0) is 19.6 Å². The van der Waals surface area contributed by atoms with E-state index in [1.807, 2.05) is 12.1 Å². The normalized spacial score (nSPS) is 14.6. The Morgan fingerprint density at radius 3 is 2.24 bits per heavy atom. The lowest BCUT2D eigenvalue weighted by Crippen LogP contribution is -2.44. The zero-order valence-electron chi connectivity index (χ0n) is 18.4. The highest BCUT2D eigenvalue weighted by atomic mass is 32.2. The second-order valence-electron chi connectivity index (χ2n) is 7.34. The maximum Gasteiger partial charge on any atom is 0.340 e. The van der Waals surface area contributed by atoms with Crippen molar-refractivity contribution in [2.45, 2.75) is 17.9 Å². The second kappa shape index (κ2) is 8.28. The molecular formula is C23H22N2O7S. The minimum atomic E-state index is -3.95. The minimum Gasteiger partial charge on any atom is -0.493 e. The van der Waals surface area contributed by atoms with E-state index in [2.05, 4.69) is 5.32 Å². The number of esters is 1. The number of carbonyl (C=O) groups excluding carboxylic acids is 2. The molecule has 172 valence electrons. The fraction of sp³-hybridized carbons (Fsp3) is 0.217. The predicted molar refractivity (Wildman–Crippen MR) is 123 cm³/mol. The molecule has 33 heavy (non-hydrogen) atoms. The molecule has 3 aromatic carbocycles. The predicted octanol–water partition coefficient (Wildman–Crippen LogP) is 3.18. The third-order valence-corrected chi connectivity index (χ3v) is 7.46. The third kappa shape index (κ3) is 3.52. The standard InChI is InChI=1S/C23H22N2O7S/c1-13(25-17-9-5-7-14-8-6-10-20(21(14)17)33(25,28)29)22(26)24-16-12-19(31-3)18(30-2)11-15(16)23(27)32-4/h5-13H,1-4H3,(H,24,26)/t13-/m0/s1. The summed E-state index contributed by atoms with van der Waals surface area (Å²) in [6, 6.07) is 11.9. The molecule has 0 aromatic heterocycles. The summed E-state index contributed by atoms with van der Waals surface area (Å²) >= 11 is 0. The third-order valence-electron chi connectivity index (χ3n) is 5.54. The fourth-order valence-electron chi connectivity index (χ4n) is 3.94. The van der Waals surface area contributed by atoms with Crippen molar-refractivity contribution in [2.24, 2.45) is 0 Å². The fourth-order valence-corrected chi connectivity index (χ4v) is 5.81. The van der Waals surface area contributed by atoms with Gasteiger partial charge in [-0.2, -0.15) is 0 Å². The van der Waals surface area contributed by atoms with E-state index in [4.69, 9.17) is 14.2 Å². The molecule has 1 N–H and O–H groups in total. The van der Waals surface area contributed by atoms with Gasteiger partial charge in [0, 0.05) is 17.5 Å². The summed E-state index contributed by atoms with van der Waals surface area (Å²) in [6.07, 6.45) is 0. The van der Waals surface area contributed by atoms with Gasteiger partial charge in [0.15, 0.2) is 11.5 Å². The van der Waals surface area contributed by atoms with Gasteiger partial charge in [-0.3, -0.25) is 9.10 Å². The molecule has 0 radical (unpaired) electrons. The Kier molecular flexibility index (Phi) is 5.62. The second-order valence-corrected chi connectivity index (χ2v) is 9.13. The number of amides is 1. The number of rotatable bonds is 6. The maximum absolute atomic E-state index is 13.3. The molecule has 0 saturated carbocycles. The lowest BCUT2D eigenvalue weighted by Gasteiger charge is -2.26. The number of methoxy groups -OCH3 is 3. The van der Waals surface area contributed by atoms with Crippen LogP contribution in [0.5, 0.6) is 11.5 Å². The van der Waals surface area contributed by atoms with E-state index in [0.29, 0.717) is 11.1 Å². The van der Waals surface area contributed by atoms with Crippen molar-refractivity contribution >= 4 is 44.0 Å². The molecule has 1 aliphatic rings. The Morgan fingerprint density at radius 1 is 0.970 bits per heavy atom. The lowest BCUT2D eigenvalue weighted by atomic mass is 10.1. The van der Waals surface area contributed by atoms with Crippen LogP contribution in [0.4, 0.5) is 11.4 Å². The summed E-state index contributed by atoms with van der Waals surface area (Å²) in [4.78, 5) is 25.7. The summed E-state index contributed by atoms with van der Waals surface area (Å²) in [6.45, 7) is 1.48.